The van der Waals surface area contributed by atoms with Crippen molar-refractivity contribution in [2.75, 3.05) is 13.1 Å². The number of halogens is 2. The predicted molar refractivity (Wildman–Crippen MR) is 125 cm³/mol. The van der Waals surface area contributed by atoms with Crippen LogP contribution in [-0.4, -0.2) is 36.4 Å². The van der Waals surface area contributed by atoms with Crippen molar-refractivity contribution in [2.45, 2.75) is 77.2 Å². The van der Waals surface area contributed by atoms with Gasteiger partial charge in [-0.05, 0) is 68.2 Å². The molecule has 3 unspecified atom stereocenters. The molecule has 0 heterocycles. The van der Waals surface area contributed by atoms with Crippen LogP contribution in [0, 0.1) is 11.3 Å². The molecule has 31 heavy (non-hydrogen) atoms. The van der Waals surface area contributed by atoms with E-state index in [0.29, 0.717) is 18.9 Å². The molecular formula is C27H36F2N2. The molecule has 0 amide bonds. The molecule has 1 aliphatic carbocycles. The molecule has 2 aromatic carbocycles. The van der Waals surface area contributed by atoms with E-state index < -0.39 is 12.3 Å². The summed E-state index contributed by atoms with van der Waals surface area (Å²) in [6.45, 7) is 8.11. The van der Waals surface area contributed by atoms with Gasteiger partial charge in [-0.15, -0.1) is 0 Å². The fourth-order valence-electron chi connectivity index (χ4n) is 4.33. The van der Waals surface area contributed by atoms with Crippen LogP contribution in [-0.2, 0) is 12.8 Å². The van der Waals surface area contributed by atoms with Gasteiger partial charge in [0.1, 0.15) is 12.3 Å². The molecule has 0 spiro atoms. The Morgan fingerprint density at radius 2 is 1.52 bits per heavy atom. The number of nitrogens with zero attached hydrogens (tertiary/aromatic N) is 2. The van der Waals surface area contributed by atoms with Crippen LogP contribution in [0.3, 0.4) is 0 Å². The van der Waals surface area contributed by atoms with Crippen LogP contribution >= 0.6 is 0 Å². The van der Waals surface area contributed by atoms with E-state index in [1.165, 1.54) is 18.1 Å². The summed E-state index contributed by atoms with van der Waals surface area (Å²) in [6.07, 6.45) is 1.30. The largest absolute Gasteiger partial charge is 0.301 e. The monoisotopic (exact) mass is 426 g/mol. The van der Waals surface area contributed by atoms with E-state index in [1.54, 1.807) is 6.07 Å². The minimum Gasteiger partial charge on any atom is -0.301 e. The van der Waals surface area contributed by atoms with Gasteiger partial charge in [0.2, 0.25) is 0 Å². The zero-order valence-electron chi connectivity index (χ0n) is 19.1. The first-order chi connectivity index (χ1) is 15.0. The predicted octanol–water partition coefficient (Wildman–Crippen LogP) is 6.66. The van der Waals surface area contributed by atoms with Gasteiger partial charge in [0.25, 0.3) is 0 Å². The van der Waals surface area contributed by atoms with Crippen LogP contribution in [0.25, 0.3) is 0 Å². The number of likely N-dealkylation sites (N-methyl/N-ethyl adjacent to an activating group) is 1. The number of aryl methyl sites for hydroxylation is 1. The second-order valence-corrected chi connectivity index (χ2v) is 8.42. The lowest BCUT2D eigenvalue weighted by Gasteiger charge is -2.28. The normalized spacial score (nSPS) is 21.3. The van der Waals surface area contributed by atoms with Crippen LogP contribution in [0.4, 0.5) is 8.78 Å². The highest BCUT2D eigenvalue weighted by molar-refractivity contribution is 5.27. The summed E-state index contributed by atoms with van der Waals surface area (Å²) in [5.74, 6) is 0.0338. The number of alkyl halides is 2. The summed E-state index contributed by atoms with van der Waals surface area (Å²) in [4.78, 5) is 2.54. The molecule has 0 radical (unpaired) electrons. The first kappa shape index (κ1) is 25.0. The summed E-state index contributed by atoms with van der Waals surface area (Å²) in [7, 11) is 0. The molecule has 3 rings (SSSR count). The van der Waals surface area contributed by atoms with E-state index >= 15 is 0 Å². The maximum absolute atomic E-state index is 13.4. The van der Waals surface area contributed by atoms with Gasteiger partial charge in [0.15, 0.2) is 0 Å². The number of hydrogen-bond donors (Lipinski definition) is 0. The lowest BCUT2D eigenvalue weighted by molar-refractivity contribution is 0.199. The highest BCUT2D eigenvalue weighted by Crippen LogP contribution is 2.38. The molecule has 1 aliphatic rings. The van der Waals surface area contributed by atoms with Gasteiger partial charge in [-0.2, -0.15) is 5.26 Å². The maximum Gasteiger partial charge on any atom is 0.132 e. The minimum absolute atomic E-state index is 0.0338. The van der Waals surface area contributed by atoms with Crippen molar-refractivity contribution < 1.29 is 8.78 Å². The average molecular weight is 427 g/mol. The highest BCUT2D eigenvalue weighted by atomic mass is 19.2. The molecule has 0 aliphatic heterocycles. The van der Waals surface area contributed by atoms with E-state index in [2.05, 4.69) is 73.3 Å². The molecular weight excluding hydrogens is 390 g/mol. The topological polar surface area (TPSA) is 27.0 Å². The van der Waals surface area contributed by atoms with Crippen LogP contribution in [0.15, 0.2) is 54.6 Å². The third-order valence-corrected chi connectivity index (χ3v) is 6.27. The van der Waals surface area contributed by atoms with Gasteiger partial charge in [-0.1, -0.05) is 61.5 Å². The Morgan fingerprint density at radius 3 is 2.06 bits per heavy atom. The lowest BCUT2D eigenvalue weighted by Crippen LogP contribution is -2.35. The summed E-state index contributed by atoms with van der Waals surface area (Å²) in [5, 5.41) is 7.32. The van der Waals surface area contributed by atoms with Crippen molar-refractivity contribution >= 4 is 0 Å². The van der Waals surface area contributed by atoms with Crippen LogP contribution in [0.5, 0.6) is 0 Å². The Balaban J connectivity index is 0.00000107. The van der Waals surface area contributed by atoms with Gasteiger partial charge >= 0.3 is 0 Å². The summed E-state index contributed by atoms with van der Waals surface area (Å²) >= 11 is 0. The molecule has 168 valence electrons. The molecule has 2 nitrogen and oxygen atoms in total. The van der Waals surface area contributed by atoms with Gasteiger partial charge < -0.3 is 4.90 Å². The van der Waals surface area contributed by atoms with Crippen molar-refractivity contribution in [1.29, 1.82) is 5.26 Å². The zero-order valence-corrected chi connectivity index (χ0v) is 19.1. The van der Waals surface area contributed by atoms with Crippen molar-refractivity contribution in [3.05, 3.63) is 71.3 Å². The van der Waals surface area contributed by atoms with Crippen LogP contribution in [0.1, 0.15) is 62.6 Å². The maximum atomic E-state index is 13.4. The van der Waals surface area contributed by atoms with Crippen molar-refractivity contribution in [2.24, 2.45) is 0 Å². The Morgan fingerprint density at radius 1 is 0.968 bits per heavy atom. The average Bonchev–Trinajstić information content (AvgIpc) is 3.12. The standard InChI is InChI=1S/C25H33F2N.C2H3N/c1-3-28(16-15-20-7-5-4-6-8-20)19(2)9-10-21-11-13-22(14-12-21)23-17-24(26)25(27)18-23;1-2-3/h4-8,11-14,19,23-25H,3,9-10,15-18H2,1-2H3;1H3. The second kappa shape index (κ2) is 13.2. The number of hydrogen-bond acceptors (Lipinski definition) is 2. The number of rotatable bonds is 9. The van der Waals surface area contributed by atoms with E-state index in [4.69, 9.17) is 5.26 Å². The lowest BCUT2D eigenvalue weighted by atomic mass is 9.95. The molecule has 1 saturated carbocycles. The molecule has 0 saturated heterocycles. The molecule has 0 N–H and O–H groups in total. The summed E-state index contributed by atoms with van der Waals surface area (Å²) in [5.41, 5.74) is 3.78. The quantitative estimate of drug-likeness (QED) is 0.448. The van der Waals surface area contributed by atoms with Crippen molar-refractivity contribution in [3.8, 4) is 6.07 Å². The second-order valence-electron chi connectivity index (χ2n) is 8.42. The molecule has 2 aromatic rings. The molecule has 4 heteroatoms. The first-order valence-corrected chi connectivity index (χ1v) is 11.4. The smallest absolute Gasteiger partial charge is 0.132 e. The minimum atomic E-state index is -1.29. The zero-order chi connectivity index (χ0) is 22.6. The fraction of sp³-hybridized carbons (Fsp3) is 0.519. The van der Waals surface area contributed by atoms with Gasteiger partial charge in [0, 0.05) is 19.5 Å². The SMILES string of the molecule is CC#N.CCN(CCc1ccccc1)C(C)CCc1ccc(C2CC(F)C(F)C2)cc1. The Labute approximate surface area is 186 Å². The number of benzene rings is 2. The molecule has 3 atom stereocenters. The third kappa shape index (κ3) is 8.07. The van der Waals surface area contributed by atoms with Gasteiger partial charge in [-0.25, -0.2) is 8.78 Å². The Bertz CT molecular complexity index is 775. The Hall–Kier alpha value is -2.25. The van der Waals surface area contributed by atoms with Crippen molar-refractivity contribution in [3.63, 3.8) is 0 Å². The third-order valence-electron chi connectivity index (χ3n) is 6.27. The fourth-order valence-corrected chi connectivity index (χ4v) is 4.33. The van der Waals surface area contributed by atoms with Gasteiger partial charge in [0.05, 0.1) is 6.07 Å². The van der Waals surface area contributed by atoms with E-state index in [0.717, 1.165) is 37.9 Å². The summed E-state index contributed by atoms with van der Waals surface area (Å²) < 4.78 is 26.9. The van der Waals surface area contributed by atoms with Gasteiger partial charge in [-0.3, -0.25) is 0 Å². The van der Waals surface area contributed by atoms with Crippen LogP contribution < -0.4 is 0 Å². The van der Waals surface area contributed by atoms with Crippen molar-refractivity contribution in [1.82, 2.24) is 4.90 Å². The Kier molecular flexibility index (Phi) is 10.7. The highest BCUT2D eigenvalue weighted by Gasteiger charge is 2.35. The van der Waals surface area contributed by atoms with E-state index in [-0.39, 0.29) is 5.92 Å². The van der Waals surface area contributed by atoms with E-state index in [9.17, 15) is 8.78 Å². The molecule has 0 bridgehead atoms. The molecule has 1 fully saturated rings. The van der Waals surface area contributed by atoms with E-state index in [1.807, 2.05) is 0 Å². The number of nitriles is 1. The first-order valence-electron chi connectivity index (χ1n) is 11.4. The van der Waals surface area contributed by atoms with Crippen LogP contribution in [0.2, 0.25) is 0 Å². The molecule has 0 aromatic heterocycles. The summed E-state index contributed by atoms with van der Waals surface area (Å²) in [6, 6.07) is 21.4.